The second kappa shape index (κ2) is 11.3. The minimum atomic E-state index is -0.503. The lowest BCUT2D eigenvalue weighted by Crippen LogP contribution is -2.27. The summed E-state index contributed by atoms with van der Waals surface area (Å²) in [4.78, 5) is 40.8. The van der Waals surface area contributed by atoms with Gasteiger partial charge in [-0.05, 0) is 56.2 Å². The zero-order valence-electron chi connectivity index (χ0n) is 19.7. The van der Waals surface area contributed by atoms with E-state index in [1.807, 2.05) is 31.2 Å². The molecule has 3 aromatic rings. The van der Waals surface area contributed by atoms with Gasteiger partial charge in [-0.1, -0.05) is 30.3 Å². The molecule has 0 radical (unpaired) electrons. The Balaban J connectivity index is 1.69. The summed E-state index contributed by atoms with van der Waals surface area (Å²) in [6.45, 7) is 5.70. The van der Waals surface area contributed by atoms with Crippen molar-refractivity contribution in [2.75, 3.05) is 25.6 Å². The highest BCUT2D eigenvalue weighted by Gasteiger charge is 2.24. The Labute approximate surface area is 198 Å². The fourth-order valence-corrected chi connectivity index (χ4v) is 3.60. The molecule has 1 atom stereocenters. The first-order valence-electron chi connectivity index (χ1n) is 10.9. The van der Waals surface area contributed by atoms with Crippen molar-refractivity contribution in [3.05, 3.63) is 88.2 Å². The molecule has 8 heteroatoms. The fraction of sp³-hybridized carbons (Fsp3) is 0.269. The monoisotopic (exact) mass is 463 g/mol. The average Bonchev–Trinajstić information content (AvgIpc) is 3.13. The minimum absolute atomic E-state index is 0.134. The van der Waals surface area contributed by atoms with Crippen LogP contribution in [0.1, 0.15) is 61.0 Å². The van der Waals surface area contributed by atoms with Crippen LogP contribution in [-0.2, 0) is 9.47 Å². The number of H-pyrrole nitrogens is 1. The van der Waals surface area contributed by atoms with Crippen LogP contribution in [0, 0.1) is 13.8 Å². The standard InChI is InChI=1S/C26H29N3O5/c1-16-22(26(32)34-14-13-33-4)18(3)27-23(16)25(31)28-17(2)20-11-8-12-21(15-20)29-24(30)19-9-6-5-7-10-19/h5-12,15,17,27H,13-14H2,1-4H3,(H,28,31)(H,29,30). The summed E-state index contributed by atoms with van der Waals surface area (Å²) in [5.41, 5.74) is 3.73. The van der Waals surface area contributed by atoms with E-state index in [2.05, 4.69) is 15.6 Å². The number of aromatic nitrogens is 1. The molecular weight excluding hydrogens is 434 g/mol. The van der Waals surface area contributed by atoms with Crippen LogP contribution in [0.5, 0.6) is 0 Å². The third-order valence-electron chi connectivity index (χ3n) is 5.42. The number of nitrogens with one attached hydrogen (secondary N) is 3. The van der Waals surface area contributed by atoms with E-state index < -0.39 is 5.97 Å². The van der Waals surface area contributed by atoms with Crippen molar-refractivity contribution < 1.29 is 23.9 Å². The summed E-state index contributed by atoms with van der Waals surface area (Å²) in [6, 6.07) is 15.9. The van der Waals surface area contributed by atoms with Crippen molar-refractivity contribution in [3.63, 3.8) is 0 Å². The Morgan fingerprint density at radius 2 is 1.71 bits per heavy atom. The molecule has 1 aromatic heterocycles. The lowest BCUT2D eigenvalue weighted by molar-refractivity contribution is 0.0386. The minimum Gasteiger partial charge on any atom is -0.460 e. The van der Waals surface area contributed by atoms with Crippen LogP contribution in [0.3, 0.4) is 0 Å². The number of carbonyl (C=O) groups excluding carboxylic acids is 3. The van der Waals surface area contributed by atoms with Crippen molar-refractivity contribution in [3.8, 4) is 0 Å². The van der Waals surface area contributed by atoms with Gasteiger partial charge in [0.15, 0.2) is 0 Å². The molecule has 0 aliphatic rings. The highest BCUT2D eigenvalue weighted by molar-refractivity contribution is 6.04. The highest BCUT2D eigenvalue weighted by atomic mass is 16.6. The van der Waals surface area contributed by atoms with Crippen LogP contribution in [0.2, 0.25) is 0 Å². The summed E-state index contributed by atoms with van der Waals surface area (Å²) in [6.07, 6.45) is 0. The van der Waals surface area contributed by atoms with Crippen LogP contribution in [0.15, 0.2) is 54.6 Å². The second-order valence-corrected chi connectivity index (χ2v) is 7.89. The quantitative estimate of drug-likeness (QED) is 0.326. The molecule has 2 amide bonds. The molecule has 34 heavy (non-hydrogen) atoms. The molecule has 178 valence electrons. The van der Waals surface area contributed by atoms with Crippen LogP contribution in [-0.4, -0.2) is 43.1 Å². The van der Waals surface area contributed by atoms with Gasteiger partial charge in [0.25, 0.3) is 11.8 Å². The normalized spacial score (nSPS) is 11.5. The molecule has 3 N–H and O–H groups in total. The molecule has 3 rings (SSSR count). The number of methoxy groups -OCH3 is 1. The molecule has 8 nitrogen and oxygen atoms in total. The van der Waals surface area contributed by atoms with Crippen LogP contribution >= 0.6 is 0 Å². The highest BCUT2D eigenvalue weighted by Crippen LogP contribution is 2.22. The lowest BCUT2D eigenvalue weighted by Gasteiger charge is -2.16. The van der Waals surface area contributed by atoms with E-state index in [0.717, 1.165) is 5.56 Å². The van der Waals surface area contributed by atoms with Gasteiger partial charge in [0.1, 0.15) is 12.3 Å². The van der Waals surface area contributed by atoms with Crippen molar-refractivity contribution in [1.82, 2.24) is 10.3 Å². The molecule has 0 saturated heterocycles. The first-order chi connectivity index (χ1) is 16.3. The number of ether oxygens (including phenoxy) is 2. The van der Waals surface area contributed by atoms with Gasteiger partial charge in [0, 0.05) is 24.1 Å². The molecule has 0 fully saturated rings. The summed E-state index contributed by atoms with van der Waals surface area (Å²) in [5, 5.41) is 5.82. The van der Waals surface area contributed by atoms with Crippen molar-refractivity contribution in [2.24, 2.45) is 0 Å². The number of rotatable bonds is 9. The van der Waals surface area contributed by atoms with E-state index in [1.54, 1.807) is 44.2 Å². The van der Waals surface area contributed by atoms with Gasteiger partial charge in [-0.3, -0.25) is 9.59 Å². The molecule has 0 aliphatic heterocycles. The van der Waals surface area contributed by atoms with Gasteiger partial charge >= 0.3 is 5.97 Å². The first kappa shape index (κ1) is 24.7. The number of aromatic amines is 1. The molecule has 0 aliphatic carbocycles. The van der Waals surface area contributed by atoms with Crippen molar-refractivity contribution in [2.45, 2.75) is 26.8 Å². The average molecular weight is 464 g/mol. The fourth-order valence-electron chi connectivity index (χ4n) is 3.60. The maximum absolute atomic E-state index is 13.0. The predicted octanol–water partition coefficient (Wildman–Crippen LogP) is 4.18. The number of esters is 1. The van der Waals surface area contributed by atoms with E-state index in [1.165, 1.54) is 7.11 Å². The Morgan fingerprint density at radius 3 is 2.41 bits per heavy atom. The van der Waals surface area contributed by atoms with Crippen LogP contribution in [0.25, 0.3) is 0 Å². The zero-order valence-corrected chi connectivity index (χ0v) is 19.7. The molecule has 0 spiro atoms. The van der Waals surface area contributed by atoms with Gasteiger partial charge in [-0.2, -0.15) is 0 Å². The maximum Gasteiger partial charge on any atom is 0.340 e. The lowest BCUT2D eigenvalue weighted by atomic mass is 10.1. The zero-order chi connectivity index (χ0) is 24.7. The number of carbonyl (C=O) groups is 3. The summed E-state index contributed by atoms with van der Waals surface area (Å²) in [5.74, 6) is -1.06. The maximum atomic E-state index is 13.0. The van der Waals surface area contributed by atoms with E-state index in [0.29, 0.717) is 40.4 Å². The third kappa shape index (κ3) is 5.90. The number of hydrogen-bond donors (Lipinski definition) is 3. The Morgan fingerprint density at radius 1 is 0.971 bits per heavy atom. The molecule has 2 aromatic carbocycles. The van der Waals surface area contributed by atoms with Gasteiger partial charge in [-0.25, -0.2) is 4.79 Å². The Bertz CT molecular complexity index is 1170. The van der Waals surface area contributed by atoms with Gasteiger partial charge in [0.2, 0.25) is 0 Å². The molecule has 1 unspecified atom stereocenters. The summed E-state index contributed by atoms with van der Waals surface area (Å²) in [7, 11) is 1.52. The summed E-state index contributed by atoms with van der Waals surface area (Å²) < 4.78 is 10.1. The largest absolute Gasteiger partial charge is 0.460 e. The topological polar surface area (TPSA) is 110 Å². The molecular formula is C26H29N3O5. The van der Waals surface area contributed by atoms with Crippen LogP contribution in [0.4, 0.5) is 5.69 Å². The number of benzene rings is 2. The number of hydrogen-bond acceptors (Lipinski definition) is 5. The van der Waals surface area contributed by atoms with Gasteiger partial charge in [0.05, 0.1) is 18.2 Å². The van der Waals surface area contributed by atoms with E-state index >= 15 is 0 Å². The number of amides is 2. The van der Waals surface area contributed by atoms with Gasteiger partial charge < -0.3 is 25.1 Å². The van der Waals surface area contributed by atoms with E-state index in [9.17, 15) is 14.4 Å². The second-order valence-electron chi connectivity index (χ2n) is 7.89. The smallest absolute Gasteiger partial charge is 0.340 e. The van der Waals surface area contributed by atoms with Crippen molar-refractivity contribution >= 4 is 23.5 Å². The van der Waals surface area contributed by atoms with E-state index in [-0.39, 0.29) is 24.5 Å². The number of aryl methyl sites for hydroxylation is 1. The van der Waals surface area contributed by atoms with Gasteiger partial charge in [-0.15, -0.1) is 0 Å². The van der Waals surface area contributed by atoms with Crippen molar-refractivity contribution in [1.29, 1.82) is 0 Å². The van der Waals surface area contributed by atoms with Crippen LogP contribution < -0.4 is 10.6 Å². The first-order valence-corrected chi connectivity index (χ1v) is 10.9. The van der Waals surface area contributed by atoms with E-state index in [4.69, 9.17) is 9.47 Å². The Hall–Kier alpha value is -3.91. The molecule has 1 heterocycles. The SMILES string of the molecule is COCCOC(=O)c1c(C)[nH]c(C(=O)NC(C)c2cccc(NC(=O)c3ccccc3)c2)c1C. The number of anilines is 1. The molecule has 0 bridgehead atoms. The molecule has 0 saturated carbocycles. The Kier molecular flexibility index (Phi) is 8.21. The summed E-state index contributed by atoms with van der Waals surface area (Å²) >= 11 is 0. The third-order valence-corrected chi connectivity index (χ3v) is 5.42. The predicted molar refractivity (Wildman–Crippen MR) is 129 cm³/mol.